The van der Waals surface area contributed by atoms with Crippen LogP contribution in [0.5, 0.6) is 0 Å². The van der Waals surface area contributed by atoms with Gasteiger partial charge in [-0.2, -0.15) is 0 Å². The lowest BCUT2D eigenvalue weighted by molar-refractivity contribution is -0.00400. The second-order valence-corrected chi connectivity index (χ2v) is 8.11. The van der Waals surface area contributed by atoms with Crippen molar-refractivity contribution < 1.29 is 14.2 Å². The maximum Gasteiger partial charge on any atom is 0.127 e. The van der Waals surface area contributed by atoms with Crippen molar-refractivity contribution in [1.29, 1.82) is 0 Å². The zero-order chi connectivity index (χ0) is 21.1. The van der Waals surface area contributed by atoms with E-state index in [-0.39, 0.29) is 35.8 Å². The molecule has 7 nitrogen and oxygen atoms in total. The van der Waals surface area contributed by atoms with E-state index < -0.39 is 6.23 Å². The zero-order valence-electron chi connectivity index (χ0n) is 17.5. The van der Waals surface area contributed by atoms with E-state index >= 15 is 0 Å². The fourth-order valence-corrected chi connectivity index (χ4v) is 4.36. The number of nitrogens with zero attached hydrogens (tertiary/aromatic N) is 2. The van der Waals surface area contributed by atoms with Crippen molar-refractivity contribution in [2.24, 2.45) is 22.6 Å². The average Bonchev–Trinajstić information content (AvgIpc) is 2.66. The molecule has 1 aliphatic heterocycles. The maximum absolute atomic E-state index is 13.8. The van der Waals surface area contributed by atoms with Crippen LogP contribution in [0, 0.1) is 17.7 Å². The first-order chi connectivity index (χ1) is 13.8. The van der Waals surface area contributed by atoms with Crippen LogP contribution in [0.3, 0.4) is 0 Å². The Bertz CT molecular complexity index is 767. The Morgan fingerprint density at radius 3 is 2.83 bits per heavy atom. The zero-order valence-corrected chi connectivity index (χ0v) is 17.5. The Morgan fingerprint density at radius 2 is 2.21 bits per heavy atom. The summed E-state index contributed by atoms with van der Waals surface area (Å²) in [6, 6.07) is 6.32. The molecule has 0 fully saturated rings. The van der Waals surface area contributed by atoms with Crippen molar-refractivity contribution in [2.75, 3.05) is 34.4 Å². The Morgan fingerprint density at radius 1 is 1.45 bits per heavy atom. The van der Waals surface area contributed by atoms with Crippen molar-refractivity contribution in [3.8, 4) is 0 Å². The minimum Gasteiger partial charge on any atom is -0.378 e. The largest absolute Gasteiger partial charge is 0.378 e. The number of amidine groups is 1. The van der Waals surface area contributed by atoms with Gasteiger partial charge in [0.25, 0.3) is 0 Å². The number of rotatable bonds is 6. The molecule has 6 atom stereocenters. The monoisotopic (exact) mass is 405 g/mol. The Balaban J connectivity index is 1.93. The van der Waals surface area contributed by atoms with Crippen LogP contribution in [0.4, 0.5) is 4.39 Å². The molecule has 0 radical (unpaired) electrons. The molecule has 0 saturated heterocycles. The van der Waals surface area contributed by atoms with Gasteiger partial charge in [0.15, 0.2) is 0 Å². The van der Waals surface area contributed by atoms with Gasteiger partial charge in [-0.1, -0.05) is 19.1 Å². The van der Waals surface area contributed by atoms with Gasteiger partial charge in [0.1, 0.15) is 17.9 Å². The van der Waals surface area contributed by atoms with Crippen molar-refractivity contribution >= 4 is 5.84 Å². The summed E-state index contributed by atoms with van der Waals surface area (Å²) in [5.74, 6) is 0.286. The summed E-state index contributed by atoms with van der Waals surface area (Å²) in [6.45, 7) is 3.11. The summed E-state index contributed by atoms with van der Waals surface area (Å²) >= 11 is 0. The highest BCUT2D eigenvalue weighted by Gasteiger charge is 2.43. The lowest BCUT2D eigenvalue weighted by Crippen LogP contribution is -2.58. The van der Waals surface area contributed by atoms with E-state index in [2.05, 4.69) is 15.6 Å². The number of ether oxygens (including phenoxy) is 1. The van der Waals surface area contributed by atoms with Crippen LogP contribution >= 0.6 is 0 Å². The maximum atomic E-state index is 13.8. The van der Waals surface area contributed by atoms with E-state index in [1.54, 1.807) is 19.2 Å². The van der Waals surface area contributed by atoms with E-state index in [9.17, 15) is 9.50 Å². The number of hydrogen-bond donors (Lipinski definition) is 4. The molecule has 5 N–H and O–H groups in total. The first-order valence-corrected chi connectivity index (χ1v) is 9.95. The molecule has 1 aromatic carbocycles. The van der Waals surface area contributed by atoms with Crippen LogP contribution in [-0.4, -0.2) is 68.6 Å². The molecule has 160 valence electrons. The first kappa shape index (κ1) is 21.9. The van der Waals surface area contributed by atoms with Crippen LogP contribution in [-0.2, 0) is 4.74 Å². The number of fused-ring (bicyclic) bond motifs is 1. The summed E-state index contributed by atoms with van der Waals surface area (Å²) in [5, 5.41) is 17.1. The Kier molecular flexibility index (Phi) is 7.02. The van der Waals surface area contributed by atoms with Gasteiger partial charge < -0.3 is 25.8 Å². The number of likely N-dealkylation sites (N-methyl/N-ethyl adjacent to an activating group) is 1. The topological polar surface area (TPSA) is 95.1 Å². The third-order valence-electron chi connectivity index (χ3n) is 5.79. The second-order valence-electron chi connectivity index (χ2n) is 8.11. The van der Waals surface area contributed by atoms with Gasteiger partial charge in [-0.05, 0) is 43.8 Å². The molecule has 2 aliphatic rings. The minimum absolute atomic E-state index is 0.0430. The number of aliphatic imine (C=N–C) groups is 1. The molecule has 0 spiro atoms. The van der Waals surface area contributed by atoms with Gasteiger partial charge >= 0.3 is 0 Å². The third kappa shape index (κ3) is 4.84. The molecule has 8 heteroatoms. The molecule has 6 unspecified atom stereocenters. The highest BCUT2D eigenvalue weighted by Crippen LogP contribution is 2.35. The van der Waals surface area contributed by atoms with E-state index in [0.717, 1.165) is 17.0 Å². The number of benzene rings is 1. The van der Waals surface area contributed by atoms with E-state index in [0.29, 0.717) is 13.2 Å². The standard InChI is InChI=1S/C21H32FN5O2/c1-12-17(29-4)9-15-19(18(12)20(23)28)24-11-25-21(15)26-16(10-27(2)3)13-6-5-7-14(22)8-13/h5-9,12,16-20,24,28H,10-11,23H2,1-4H3,(H,25,26). The second kappa shape index (κ2) is 9.32. The van der Waals surface area contributed by atoms with Crippen molar-refractivity contribution in [2.45, 2.75) is 31.3 Å². The molecule has 0 aromatic heterocycles. The highest BCUT2D eigenvalue weighted by molar-refractivity contribution is 6.00. The molecular formula is C21H32FN5O2. The molecule has 1 aromatic rings. The fourth-order valence-electron chi connectivity index (χ4n) is 4.36. The third-order valence-corrected chi connectivity index (χ3v) is 5.79. The molecule has 3 rings (SSSR count). The van der Waals surface area contributed by atoms with Crippen LogP contribution in [0.25, 0.3) is 0 Å². The molecule has 1 aliphatic carbocycles. The predicted molar refractivity (Wildman–Crippen MR) is 112 cm³/mol. The molecule has 29 heavy (non-hydrogen) atoms. The van der Waals surface area contributed by atoms with E-state index in [4.69, 9.17) is 10.5 Å². The molecule has 0 amide bonds. The van der Waals surface area contributed by atoms with Crippen LogP contribution in [0.15, 0.2) is 40.9 Å². The summed E-state index contributed by atoms with van der Waals surface area (Å²) < 4.78 is 19.5. The SMILES string of the molecule is COC1C=C2C(NC(CN(C)C)c3cccc(F)c3)=NCNC2C(C(N)O)C1C. The van der Waals surface area contributed by atoms with Gasteiger partial charge in [-0.15, -0.1) is 0 Å². The number of methoxy groups -OCH3 is 1. The summed E-state index contributed by atoms with van der Waals surface area (Å²) in [5.41, 5.74) is 7.70. The lowest BCUT2D eigenvalue weighted by Gasteiger charge is -2.44. The van der Waals surface area contributed by atoms with Crippen LogP contribution < -0.4 is 16.4 Å². The number of nitrogens with two attached hydrogens (primary N) is 1. The lowest BCUT2D eigenvalue weighted by atomic mass is 9.73. The van der Waals surface area contributed by atoms with Crippen molar-refractivity contribution in [3.05, 3.63) is 47.3 Å². The van der Waals surface area contributed by atoms with E-state index in [1.807, 2.05) is 38.1 Å². The normalized spacial score (nSPS) is 29.0. The average molecular weight is 406 g/mol. The number of aliphatic hydroxyl groups excluding tert-OH is 1. The Labute approximate surface area is 171 Å². The quantitative estimate of drug-likeness (QED) is 0.524. The number of aliphatic hydroxyl groups is 1. The smallest absolute Gasteiger partial charge is 0.127 e. The summed E-state index contributed by atoms with van der Waals surface area (Å²) in [7, 11) is 5.61. The molecule has 1 heterocycles. The molecule has 0 saturated carbocycles. The van der Waals surface area contributed by atoms with Crippen molar-refractivity contribution in [1.82, 2.24) is 15.5 Å². The molecule has 0 bridgehead atoms. The summed E-state index contributed by atoms with van der Waals surface area (Å²) in [6.07, 6.45) is 0.881. The van der Waals surface area contributed by atoms with Gasteiger partial charge in [0, 0.05) is 31.2 Å². The van der Waals surface area contributed by atoms with Gasteiger partial charge in [0.2, 0.25) is 0 Å². The number of nitrogens with one attached hydrogen (secondary N) is 2. The van der Waals surface area contributed by atoms with Crippen molar-refractivity contribution in [3.63, 3.8) is 0 Å². The molecular weight excluding hydrogens is 373 g/mol. The highest BCUT2D eigenvalue weighted by atomic mass is 19.1. The fraction of sp³-hybridized carbons (Fsp3) is 0.571. The van der Waals surface area contributed by atoms with E-state index in [1.165, 1.54) is 6.07 Å². The Hall–Kier alpha value is -1.84. The predicted octanol–water partition coefficient (Wildman–Crippen LogP) is 0.830. The van der Waals surface area contributed by atoms with Gasteiger partial charge in [0.05, 0.1) is 18.8 Å². The summed E-state index contributed by atoms with van der Waals surface area (Å²) in [4.78, 5) is 6.68. The van der Waals surface area contributed by atoms with Crippen LogP contribution in [0.1, 0.15) is 18.5 Å². The number of hydrogen-bond acceptors (Lipinski definition) is 7. The number of halogens is 1. The van der Waals surface area contributed by atoms with Gasteiger partial charge in [-0.25, -0.2) is 4.39 Å². The van der Waals surface area contributed by atoms with Crippen LogP contribution in [0.2, 0.25) is 0 Å². The minimum atomic E-state index is -0.982. The van der Waals surface area contributed by atoms with Gasteiger partial charge in [-0.3, -0.25) is 10.3 Å². The first-order valence-electron chi connectivity index (χ1n) is 9.95.